The van der Waals surface area contributed by atoms with Crippen LogP contribution in [0.4, 0.5) is 0 Å². The summed E-state index contributed by atoms with van der Waals surface area (Å²) < 4.78 is 15.9. The second-order valence-electron chi connectivity index (χ2n) is 3.82. The largest absolute Gasteiger partial charge is 0.490 e. The van der Waals surface area contributed by atoms with Gasteiger partial charge in [-0.3, -0.25) is 0 Å². The quantitative estimate of drug-likeness (QED) is 0.614. The predicted octanol–water partition coefficient (Wildman–Crippen LogP) is 2.67. The standard InChI is InChI=1S/C14H14O4/c1-4-7-17-11-6-5-10-9(2)8-12(15)18-13(10)14(11)16-3/h4-6,8H,1,7H2,2-3H3. The molecule has 0 saturated heterocycles. The molecule has 2 rings (SSSR count). The van der Waals surface area contributed by atoms with Crippen LogP contribution in [0.1, 0.15) is 5.56 Å². The van der Waals surface area contributed by atoms with Crippen LogP contribution < -0.4 is 15.1 Å². The number of methoxy groups -OCH3 is 1. The fourth-order valence-corrected chi connectivity index (χ4v) is 1.80. The average Bonchev–Trinajstić information content (AvgIpc) is 2.35. The van der Waals surface area contributed by atoms with Gasteiger partial charge in [-0.15, -0.1) is 0 Å². The smallest absolute Gasteiger partial charge is 0.336 e. The Bertz CT molecular complexity index is 640. The van der Waals surface area contributed by atoms with Crippen LogP contribution in [0.5, 0.6) is 11.5 Å². The number of aryl methyl sites for hydroxylation is 1. The summed E-state index contributed by atoms with van der Waals surface area (Å²) in [5.41, 5.74) is 0.845. The van der Waals surface area contributed by atoms with Crippen LogP contribution in [0.3, 0.4) is 0 Å². The predicted molar refractivity (Wildman–Crippen MR) is 69.5 cm³/mol. The van der Waals surface area contributed by atoms with Crippen LogP contribution in [-0.4, -0.2) is 13.7 Å². The molecule has 0 aliphatic heterocycles. The van der Waals surface area contributed by atoms with Crippen molar-refractivity contribution in [3.8, 4) is 11.5 Å². The summed E-state index contributed by atoms with van der Waals surface area (Å²) in [5.74, 6) is 0.953. The van der Waals surface area contributed by atoms with Gasteiger partial charge in [-0.05, 0) is 24.6 Å². The van der Waals surface area contributed by atoms with Gasteiger partial charge in [0, 0.05) is 11.5 Å². The molecule has 94 valence electrons. The van der Waals surface area contributed by atoms with Crippen LogP contribution in [0.25, 0.3) is 11.0 Å². The Morgan fingerprint density at radius 3 is 2.89 bits per heavy atom. The Morgan fingerprint density at radius 2 is 2.22 bits per heavy atom. The highest BCUT2D eigenvalue weighted by molar-refractivity contribution is 5.87. The van der Waals surface area contributed by atoms with Crippen LogP contribution in [0.2, 0.25) is 0 Å². The third-order valence-corrected chi connectivity index (χ3v) is 2.60. The third kappa shape index (κ3) is 2.09. The molecular formula is C14H14O4. The highest BCUT2D eigenvalue weighted by atomic mass is 16.5. The molecule has 0 aliphatic rings. The minimum atomic E-state index is -0.404. The molecule has 0 aliphatic carbocycles. The fourth-order valence-electron chi connectivity index (χ4n) is 1.80. The minimum Gasteiger partial charge on any atom is -0.490 e. The molecule has 0 amide bonds. The molecular weight excluding hydrogens is 232 g/mol. The lowest BCUT2D eigenvalue weighted by molar-refractivity contribution is 0.325. The van der Waals surface area contributed by atoms with Crippen molar-refractivity contribution in [1.82, 2.24) is 0 Å². The fraction of sp³-hybridized carbons (Fsp3) is 0.214. The number of ether oxygens (including phenoxy) is 2. The summed E-state index contributed by atoms with van der Waals surface area (Å²) in [6.45, 7) is 5.79. The summed E-state index contributed by atoms with van der Waals surface area (Å²) in [4.78, 5) is 11.4. The van der Waals surface area contributed by atoms with Crippen molar-refractivity contribution in [3.05, 3.63) is 46.8 Å². The molecule has 1 aromatic heterocycles. The molecule has 4 nitrogen and oxygen atoms in total. The maximum absolute atomic E-state index is 11.4. The maximum atomic E-state index is 11.4. The minimum absolute atomic E-state index is 0.359. The summed E-state index contributed by atoms with van der Waals surface area (Å²) in [6.07, 6.45) is 1.63. The Labute approximate surface area is 104 Å². The molecule has 4 heteroatoms. The Hall–Kier alpha value is -2.23. The van der Waals surface area contributed by atoms with E-state index in [9.17, 15) is 4.79 Å². The van der Waals surface area contributed by atoms with Gasteiger partial charge in [-0.1, -0.05) is 12.7 Å². The average molecular weight is 246 g/mol. The molecule has 18 heavy (non-hydrogen) atoms. The second kappa shape index (κ2) is 4.96. The first-order chi connectivity index (χ1) is 8.67. The lowest BCUT2D eigenvalue weighted by atomic mass is 10.1. The van der Waals surface area contributed by atoms with Gasteiger partial charge in [0.25, 0.3) is 0 Å². The topological polar surface area (TPSA) is 48.7 Å². The first kappa shape index (κ1) is 12.2. The number of benzene rings is 1. The highest BCUT2D eigenvalue weighted by Gasteiger charge is 2.13. The zero-order valence-corrected chi connectivity index (χ0v) is 10.4. The number of hydrogen-bond acceptors (Lipinski definition) is 4. The number of hydrogen-bond donors (Lipinski definition) is 0. The van der Waals surface area contributed by atoms with E-state index in [4.69, 9.17) is 13.9 Å². The molecule has 0 radical (unpaired) electrons. The monoisotopic (exact) mass is 246 g/mol. The zero-order chi connectivity index (χ0) is 13.1. The van der Waals surface area contributed by atoms with E-state index in [1.807, 2.05) is 13.0 Å². The molecule has 0 spiro atoms. The van der Waals surface area contributed by atoms with Gasteiger partial charge in [-0.2, -0.15) is 0 Å². The van der Waals surface area contributed by atoms with Gasteiger partial charge in [0.15, 0.2) is 11.3 Å². The first-order valence-electron chi connectivity index (χ1n) is 5.52. The number of rotatable bonds is 4. The van der Waals surface area contributed by atoms with Crippen molar-refractivity contribution in [3.63, 3.8) is 0 Å². The second-order valence-corrected chi connectivity index (χ2v) is 3.82. The summed E-state index contributed by atoms with van der Waals surface area (Å²) in [5, 5.41) is 0.831. The van der Waals surface area contributed by atoms with Crippen molar-refractivity contribution in [2.24, 2.45) is 0 Å². The van der Waals surface area contributed by atoms with Crippen LogP contribution in [0.15, 0.2) is 40.1 Å². The van der Waals surface area contributed by atoms with Gasteiger partial charge in [0.1, 0.15) is 6.61 Å². The van der Waals surface area contributed by atoms with Crippen LogP contribution in [0, 0.1) is 6.92 Å². The van der Waals surface area contributed by atoms with E-state index in [1.165, 1.54) is 13.2 Å². The summed E-state index contributed by atoms with van der Waals surface area (Å²) in [6, 6.07) is 5.08. The van der Waals surface area contributed by atoms with Gasteiger partial charge >= 0.3 is 5.63 Å². The molecule has 2 aromatic rings. The summed E-state index contributed by atoms with van der Waals surface area (Å²) in [7, 11) is 1.51. The van der Waals surface area contributed by atoms with E-state index >= 15 is 0 Å². The molecule has 0 atom stereocenters. The van der Waals surface area contributed by atoms with Crippen molar-refractivity contribution in [1.29, 1.82) is 0 Å². The molecule has 0 fully saturated rings. The van der Waals surface area contributed by atoms with Crippen molar-refractivity contribution < 1.29 is 13.9 Å². The normalized spacial score (nSPS) is 10.3. The van der Waals surface area contributed by atoms with Gasteiger partial charge in [-0.25, -0.2) is 4.79 Å². The van der Waals surface area contributed by atoms with E-state index < -0.39 is 5.63 Å². The van der Waals surface area contributed by atoms with E-state index in [0.29, 0.717) is 23.7 Å². The molecule has 0 N–H and O–H groups in total. The van der Waals surface area contributed by atoms with Crippen molar-refractivity contribution >= 4 is 11.0 Å². The van der Waals surface area contributed by atoms with E-state index in [2.05, 4.69) is 6.58 Å². The van der Waals surface area contributed by atoms with Gasteiger partial charge in [0.2, 0.25) is 5.75 Å². The molecule has 1 aromatic carbocycles. The Kier molecular flexibility index (Phi) is 3.37. The molecule has 0 bridgehead atoms. The molecule has 0 unspecified atom stereocenters. The first-order valence-corrected chi connectivity index (χ1v) is 5.52. The molecule has 1 heterocycles. The highest BCUT2D eigenvalue weighted by Crippen LogP contribution is 2.35. The van der Waals surface area contributed by atoms with E-state index in [0.717, 1.165) is 10.9 Å². The van der Waals surface area contributed by atoms with E-state index in [1.54, 1.807) is 12.1 Å². The lowest BCUT2D eigenvalue weighted by Gasteiger charge is -2.11. The number of fused-ring (bicyclic) bond motifs is 1. The molecule has 0 saturated carbocycles. The van der Waals surface area contributed by atoms with E-state index in [-0.39, 0.29) is 0 Å². The lowest BCUT2D eigenvalue weighted by Crippen LogP contribution is -2.01. The van der Waals surface area contributed by atoms with Crippen molar-refractivity contribution in [2.75, 3.05) is 13.7 Å². The summed E-state index contributed by atoms with van der Waals surface area (Å²) >= 11 is 0. The van der Waals surface area contributed by atoms with Crippen molar-refractivity contribution in [2.45, 2.75) is 6.92 Å². The van der Waals surface area contributed by atoms with Gasteiger partial charge < -0.3 is 13.9 Å². The third-order valence-electron chi connectivity index (χ3n) is 2.60. The zero-order valence-electron chi connectivity index (χ0n) is 10.4. The SMILES string of the molecule is C=CCOc1ccc2c(C)cc(=O)oc2c1OC. The van der Waals surface area contributed by atoms with Crippen LogP contribution >= 0.6 is 0 Å². The maximum Gasteiger partial charge on any atom is 0.336 e. The van der Waals surface area contributed by atoms with Gasteiger partial charge in [0.05, 0.1) is 7.11 Å². The van der Waals surface area contributed by atoms with Crippen LogP contribution in [-0.2, 0) is 0 Å². The Balaban J connectivity index is 2.70. The Morgan fingerprint density at radius 1 is 1.44 bits per heavy atom.